The lowest BCUT2D eigenvalue weighted by molar-refractivity contribution is -0.132. The first kappa shape index (κ1) is 21.6. The van der Waals surface area contributed by atoms with Crippen LogP contribution < -0.4 is 14.8 Å². The zero-order valence-electron chi connectivity index (χ0n) is 17.4. The molecule has 9 heteroatoms. The SMILES string of the molecule is CN(C)CCNC(=O)Oc1noc2c1CN(C(=O)CCCOc1ccccc1)CC2. The summed E-state index contributed by atoms with van der Waals surface area (Å²) in [6.45, 7) is 2.50. The molecule has 1 aliphatic heterocycles. The van der Waals surface area contributed by atoms with Crippen molar-refractivity contribution in [1.82, 2.24) is 20.3 Å². The molecule has 3 rings (SSSR count). The van der Waals surface area contributed by atoms with Crippen molar-refractivity contribution in [3.8, 4) is 11.6 Å². The minimum absolute atomic E-state index is 0.0277. The van der Waals surface area contributed by atoms with Crippen molar-refractivity contribution in [3.05, 3.63) is 41.7 Å². The van der Waals surface area contributed by atoms with Gasteiger partial charge >= 0.3 is 6.09 Å². The number of fused-ring (bicyclic) bond motifs is 1. The molecule has 9 nitrogen and oxygen atoms in total. The average molecular weight is 416 g/mol. The molecule has 0 aliphatic carbocycles. The van der Waals surface area contributed by atoms with Crippen molar-refractivity contribution in [2.45, 2.75) is 25.8 Å². The van der Waals surface area contributed by atoms with Crippen LogP contribution in [0.1, 0.15) is 24.2 Å². The second-order valence-corrected chi connectivity index (χ2v) is 7.34. The minimum atomic E-state index is -0.588. The van der Waals surface area contributed by atoms with Gasteiger partial charge in [0.1, 0.15) is 11.5 Å². The second-order valence-electron chi connectivity index (χ2n) is 7.34. The van der Waals surface area contributed by atoms with Crippen LogP contribution >= 0.6 is 0 Å². The number of rotatable bonds is 9. The van der Waals surface area contributed by atoms with Crippen LogP contribution in [0.5, 0.6) is 11.6 Å². The molecule has 2 amide bonds. The molecule has 0 atom stereocenters. The molecule has 1 N–H and O–H groups in total. The Hall–Kier alpha value is -3.07. The van der Waals surface area contributed by atoms with E-state index >= 15 is 0 Å². The molecular formula is C21H28N4O5. The molecular weight excluding hydrogens is 388 g/mol. The number of ether oxygens (including phenoxy) is 2. The lowest BCUT2D eigenvalue weighted by Gasteiger charge is -2.26. The summed E-state index contributed by atoms with van der Waals surface area (Å²) in [5, 5.41) is 6.52. The molecule has 1 aliphatic rings. The molecule has 0 bridgehead atoms. The van der Waals surface area contributed by atoms with Crippen LogP contribution in [0.4, 0.5) is 4.79 Å². The fourth-order valence-corrected chi connectivity index (χ4v) is 3.07. The van der Waals surface area contributed by atoms with Gasteiger partial charge in [0, 0.05) is 32.5 Å². The van der Waals surface area contributed by atoms with Gasteiger partial charge in [-0.05, 0) is 37.8 Å². The molecule has 0 unspecified atom stereocenters. The van der Waals surface area contributed by atoms with Crippen LogP contribution in [0, 0.1) is 0 Å². The molecule has 0 fully saturated rings. The van der Waals surface area contributed by atoms with Crippen molar-refractivity contribution in [2.24, 2.45) is 0 Å². The first-order valence-corrected chi connectivity index (χ1v) is 10.1. The lowest BCUT2D eigenvalue weighted by atomic mass is 10.1. The minimum Gasteiger partial charge on any atom is -0.494 e. The Balaban J connectivity index is 1.45. The molecule has 162 valence electrons. The number of hydrogen-bond acceptors (Lipinski definition) is 7. The maximum atomic E-state index is 12.6. The van der Waals surface area contributed by atoms with Crippen LogP contribution in [-0.2, 0) is 17.8 Å². The Morgan fingerprint density at radius 1 is 1.27 bits per heavy atom. The van der Waals surface area contributed by atoms with Crippen LogP contribution in [-0.4, -0.2) is 67.3 Å². The smallest absolute Gasteiger partial charge is 0.414 e. The van der Waals surface area contributed by atoms with Crippen molar-refractivity contribution < 1.29 is 23.6 Å². The molecule has 1 aromatic carbocycles. The monoisotopic (exact) mass is 416 g/mol. The van der Waals surface area contributed by atoms with E-state index in [1.165, 1.54) is 0 Å². The number of aromatic nitrogens is 1. The highest BCUT2D eigenvalue weighted by molar-refractivity contribution is 5.76. The van der Waals surface area contributed by atoms with Gasteiger partial charge in [0.25, 0.3) is 5.88 Å². The number of carbonyl (C=O) groups is 2. The summed E-state index contributed by atoms with van der Waals surface area (Å²) < 4.78 is 16.2. The highest BCUT2D eigenvalue weighted by Gasteiger charge is 2.28. The average Bonchev–Trinajstić information content (AvgIpc) is 3.13. The molecule has 1 aromatic heterocycles. The third kappa shape index (κ3) is 6.21. The van der Waals surface area contributed by atoms with Gasteiger partial charge in [-0.2, -0.15) is 0 Å². The van der Waals surface area contributed by atoms with Crippen molar-refractivity contribution in [2.75, 3.05) is 40.3 Å². The van der Waals surface area contributed by atoms with Crippen LogP contribution in [0.3, 0.4) is 0 Å². The number of para-hydroxylation sites is 1. The number of nitrogens with one attached hydrogen (secondary N) is 1. The standard InChI is InChI=1S/C21H28N4O5/c1-24(2)13-11-22-21(27)29-20-17-15-25(12-10-18(17)30-23-20)19(26)9-6-14-28-16-7-4-3-5-8-16/h3-5,7-8H,6,9-15H2,1-2H3,(H,22,27). The quantitative estimate of drug-likeness (QED) is 0.625. The van der Waals surface area contributed by atoms with E-state index in [0.717, 1.165) is 5.75 Å². The highest BCUT2D eigenvalue weighted by Crippen LogP contribution is 2.28. The Morgan fingerprint density at radius 2 is 2.07 bits per heavy atom. The summed E-state index contributed by atoms with van der Waals surface area (Å²) in [5.41, 5.74) is 0.651. The zero-order valence-corrected chi connectivity index (χ0v) is 17.4. The predicted molar refractivity (Wildman–Crippen MR) is 109 cm³/mol. The fraction of sp³-hybridized carbons (Fsp3) is 0.476. The normalized spacial score (nSPS) is 13.1. The first-order valence-electron chi connectivity index (χ1n) is 10.1. The molecule has 0 spiro atoms. The third-order valence-corrected chi connectivity index (χ3v) is 4.71. The number of likely N-dealkylation sites (N-methyl/N-ethyl adjacent to an activating group) is 1. The van der Waals surface area contributed by atoms with E-state index in [9.17, 15) is 9.59 Å². The maximum absolute atomic E-state index is 12.6. The topological polar surface area (TPSA) is 97.1 Å². The van der Waals surface area contributed by atoms with Crippen LogP contribution in [0.2, 0.25) is 0 Å². The van der Waals surface area contributed by atoms with Gasteiger partial charge in [-0.3, -0.25) is 4.79 Å². The van der Waals surface area contributed by atoms with Gasteiger partial charge in [-0.25, -0.2) is 4.79 Å². The Labute approximate surface area is 175 Å². The van der Waals surface area contributed by atoms with E-state index in [1.54, 1.807) is 4.90 Å². The van der Waals surface area contributed by atoms with Crippen LogP contribution in [0.15, 0.2) is 34.9 Å². The van der Waals surface area contributed by atoms with E-state index in [1.807, 2.05) is 49.3 Å². The molecule has 0 saturated heterocycles. The van der Waals surface area contributed by atoms with E-state index in [2.05, 4.69) is 10.5 Å². The van der Waals surface area contributed by atoms with E-state index < -0.39 is 6.09 Å². The summed E-state index contributed by atoms with van der Waals surface area (Å²) in [6.07, 6.45) is 0.960. The van der Waals surface area contributed by atoms with Gasteiger partial charge in [-0.1, -0.05) is 18.2 Å². The largest absolute Gasteiger partial charge is 0.494 e. The Bertz CT molecular complexity index is 837. The van der Waals surface area contributed by atoms with E-state index in [0.29, 0.717) is 63.4 Å². The van der Waals surface area contributed by atoms with Crippen LogP contribution in [0.25, 0.3) is 0 Å². The molecule has 2 aromatic rings. The Kier molecular flexibility index (Phi) is 7.67. The van der Waals surface area contributed by atoms with Gasteiger partial charge in [0.2, 0.25) is 5.91 Å². The molecule has 2 heterocycles. The summed E-state index contributed by atoms with van der Waals surface area (Å²) in [6, 6.07) is 9.52. The summed E-state index contributed by atoms with van der Waals surface area (Å²) in [5.74, 6) is 1.60. The van der Waals surface area contributed by atoms with Gasteiger partial charge < -0.3 is 29.1 Å². The predicted octanol–water partition coefficient (Wildman–Crippen LogP) is 2.07. The zero-order chi connectivity index (χ0) is 21.3. The maximum Gasteiger partial charge on any atom is 0.414 e. The molecule has 30 heavy (non-hydrogen) atoms. The number of hydrogen-bond donors (Lipinski definition) is 1. The number of amides is 2. The van der Waals surface area contributed by atoms with E-state index in [-0.39, 0.29) is 11.8 Å². The molecule has 0 saturated carbocycles. The second kappa shape index (κ2) is 10.6. The fourth-order valence-electron chi connectivity index (χ4n) is 3.07. The van der Waals surface area contributed by atoms with Crippen molar-refractivity contribution in [3.63, 3.8) is 0 Å². The summed E-state index contributed by atoms with van der Waals surface area (Å²) in [4.78, 5) is 28.2. The van der Waals surface area contributed by atoms with Gasteiger partial charge in [0.15, 0.2) is 0 Å². The number of carbonyl (C=O) groups excluding carboxylic acids is 2. The van der Waals surface area contributed by atoms with E-state index in [4.69, 9.17) is 14.0 Å². The Morgan fingerprint density at radius 3 is 2.83 bits per heavy atom. The highest BCUT2D eigenvalue weighted by atomic mass is 16.6. The van der Waals surface area contributed by atoms with Crippen molar-refractivity contribution >= 4 is 12.0 Å². The summed E-state index contributed by atoms with van der Waals surface area (Å²) >= 11 is 0. The molecule has 0 radical (unpaired) electrons. The first-order chi connectivity index (χ1) is 14.5. The summed E-state index contributed by atoms with van der Waals surface area (Å²) in [7, 11) is 3.83. The van der Waals surface area contributed by atoms with Crippen molar-refractivity contribution in [1.29, 1.82) is 0 Å². The number of nitrogens with zero attached hydrogens (tertiary/aromatic N) is 3. The third-order valence-electron chi connectivity index (χ3n) is 4.71. The van der Waals surface area contributed by atoms with Gasteiger partial charge in [-0.15, -0.1) is 0 Å². The lowest BCUT2D eigenvalue weighted by Crippen LogP contribution is -2.36. The van der Waals surface area contributed by atoms with Gasteiger partial charge in [0.05, 0.1) is 18.7 Å². The number of benzene rings is 1.